The van der Waals surface area contributed by atoms with Crippen LogP contribution >= 0.6 is 35.0 Å². The Hall–Kier alpha value is -1.94. The first kappa shape index (κ1) is 18.4. The first-order valence-electron chi connectivity index (χ1n) is 8.63. The highest BCUT2D eigenvalue weighted by Crippen LogP contribution is 2.42. The zero-order chi connectivity index (χ0) is 19.0. The predicted octanol–water partition coefficient (Wildman–Crippen LogP) is 4.69. The van der Waals surface area contributed by atoms with Crippen molar-refractivity contribution < 1.29 is 4.79 Å². The van der Waals surface area contributed by atoms with Gasteiger partial charge >= 0.3 is 0 Å². The van der Waals surface area contributed by atoms with Gasteiger partial charge in [-0.25, -0.2) is 4.98 Å². The monoisotopic (exact) mass is 418 g/mol. The Labute approximate surface area is 171 Å². The number of halogens is 2. The summed E-state index contributed by atoms with van der Waals surface area (Å²) >= 11 is 13.3. The second-order valence-electron chi connectivity index (χ2n) is 6.59. The number of aromatic nitrogens is 1. The third kappa shape index (κ3) is 3.73. The van der Waals surface area contributed by atoms with Crippen molar-refractivity contribution in [3.05, 3.63) is 45.4 Å². The Kier molecular flexibility index (Phi) is 5.18. The number of benzene rings is 1. The maximum absolute atomic E-state index is 12.3. The van der Waals surface area contributed by atoms with E-state index in [1.807, 2.05) is 6.07 Å². The Bertz CT molecular complexity index is 951. The fourth-order valence-corrected chi connectivity index (χ4v) is 4.65. The molecule has 1 fully saturated rings. The predicted molar refractivity (Wildman–Crippen MR) is 109 cm³/mol. The number of thioether (sulfide) groups is 1. The summed E-state index contributed by atoms with van der Waals surface area (Å²) in [5, 5.41) is 13.8. The number of nitriles is 1. The SMILES string of the molecule is N#Cc1cc2c(nc1SCC(=O)Nc1cc(Cl)ccc1Cl)N1CCC2CC1. The van der Waals surface area contributed by atoms with Gasteiger partial charge in [-0.1, -0.05) is 35.0 Å². The molecule has 1 aromatic heterocycles. The second-order valence-corrected chi connectivity index (χ2v) is 8.40. The van der Waals surface area contributed by atoms with E-state index in [-0.39, 0.29) is 11.7 Å². The van der Waals surface area contributed by atoms with E-state index in [0.717, 1.165) is 31.7 Å². The minimum atomic E-state index is -0.227. The normalized spacial score (nSPS) is 15.4. The van der Waals surface area contributed by atoms with Crippen molar-refractivity contribution in [2.24, 2.45) is 0 Å². The number of anilines is 2. The van der Waals surface area contributed by atoms with Crippen molar-refractivity contribution in [2.45, 2.75) is 23.8 Å². The first-order chi connectivity index (χ1) is 13.0. The molecule has 0 unspecified atom stereocenters. The van der Waals surface area contributed by atoms with Gasteiger partial charge in [-0.2, -0.15) is 5.26 Å². The topological polar surface area (TPSA) is 69.0 Å². The van der Waals surface area contributed by atoms with Crippen LogP contribution in [0.2, 0.25) is 10.0 Å². The number of nitrogens with zero attached hydrogens (tertiary/aromatic N) is 3. The summed E-state index contributed by atoms with van der Waals surface area (Å²) in [4.78, 5) is 19.3. The average Bonchev–Trinajstić information content (AvgIpc) is 2.69. The van der Waals surface area contributed by atoms with Gasteiger partial charge in [-0.15, -0.1) is 0 Å². The lowest BCUT2D eigenvalue weighted by molar-refractivity contribution is -0.113. The molecule has 27 heavy (non-hydrogen) atoms. The number of nitrogens with one attached hydrogen (secondary N) is 1. The molecule has 1 amide bonds. The van der Waals surface area contributed by atoms with Crippen molar-refractivity contribution >= 4 is 52.4 Å². The quantitative estimate of drug-likeness (QED) is 0.729. The Morgan fingerprint density at radius 1 is 1.33 bits per heavy atom. The zero-order valence-corrected chi connectivity index (χ0v) is 16.7. The van der Waals surface area contributed by atoms with Crippen molar-refractivity contribution in [3.8, 4) is 6.07 Å². The van der Waals surface area contributed by atoms with Gasteiger partial charge in [0.1, 0.15) is 16.9 Å². The fourth-order valence-electron chi connectivity index (χ4n) is 3.56. The molecule has 138 valence electrons. The molecular formula is C19H16Cl2N4OS. The molecule has 1 saturated heterocycles. The van der Waals surface area contributed by atoms with E-state index in [2.05, 4.69) is 16.3 Å². The molecule has 0 radical (unpaired) electrons. The van der Waals surface area contributed by atoms with Crippen molar-refractivity contribution in [1.82, 2.24) is 4.98 Å². The fraction of sp³-hybridized carbons (Fsp3) is 0.316. The number of carbonyl (C=O) groups excluding carboxylic acids is 1. The van der Waals surface area contributed by atoms with Crippen LogP contribution in [-0.2, 0) is 4.79 Å². The molecule has 0 spiro atoms. The molecule has 5 rings (SSSR count). The molecule has 2 bridgehead atoms. The second kappa shape index (κ2) is 7.59. The van der Waals surface area contributed by atoms with Crippen LogP contribution in [0.1, 0.15) is 29.9 Å². The summed E-state index contributed by atoms with van der Waals surface area (Å²) in [6.45, 7) is 2.02. The molecule has 4 heterocycles. The molecule has 0 saturated carbocycles. The maximum atomic E-state index is 12.3. The smallest absolute Gasteiger partial charge is 0.234 e. The average molecular weight is 419 g/mol. The van der Waals surface area contributed by atoms with Crippen LogP contribution in [0.25, 0.3) is 0 Å². The van der Waals surface area contributed by atoms with Crippen LogP contribution in [0, 0.1) is 11.3 Å². The van der Waals surface area contributed by atoms with Gasteiger partial charge < -0.3 is 10.2 Å². The number of rotatable bonds is 4. The summed E-state index contributed by atoms with van der Waals surface area (Å²) in [5.74, 6) is 1.37. The van der Waals surface area contributed by atoms with E-state index in [1.165, 1.54) is 17.3 Å². The van der Waals surface area contributed by atoms with E-state index >= 15 is 0 Å². The largest absolute Gasteiger partial charge is 0.356 e. The van der Waals surface area contributed by atoms with Crippen LogP contribution in [0.3, 0.4) is 0 Å². The first-order valence-corrected chi connectivity index (χ1v) is 10.4. The molecule has 0 aliphatic carbocycles. The van der Waals surface area contributed by atoms with E-state index in [4.69, 9.17) is 28.2 Å². The lowest BCUT2D eigenvalue weighted by Crippen LogP contribution is -2.39. The number of carbonyl (C=O) groups is 1. The van der Waals surface area contributed by atoms with Gasteiger partial charge in [0.25, 0.3) is 0 Å². The van der Waals surface area contributed by atoms with Crippen LogP contribution in [0.15, 0.2) is 29.3 Å². The summed E-state index contributed by atoms with van der Waals surface area (Å²) < 4.78 is 0. The van der Waals surface area contributed by atoms with Gasteiger partial charge in [-0.3, -0.25) is 4.79 Å². The molecule has 3 aliphatic heterocycles. The number of pyridine rings is 1. The van der Waals surface area contributed by atoms with Crippen LogP contribution in [0.5, 0.6) is 0 Å². The lowest BCUT2D eigenvalue weighted by atomic mass is 9.84. The summed E-state index contributed by atoms with van der Waals surface area (Å²) in [5.41, 5.74) is 2.17. The molecular weight excluding hydrogens is 403 g/mol. The number of fused-ring (bicyclic) bond motifs is 2. The minimum Gasteiger partial charge on any atom is -0.356 e. The molecule has 3 aliphatic rings. The number of hydrogen-bond acceptors (Lipinski definition) is 5. The van der Waals surface area contributed by atoms with Gasteiger partial charge in [0.05, 0.1) is 22.0 Å². The van der Waals surface area contributed by atoms with Crippen LogP contribution < -0.4 is 10.2 Å². The van der Waals surface area contributed by atoms with Gasteiger partial charge in [0, 0.05) is 18.1 Å². The van der Waals surface area contributed by atoms with Crippen molar-refractivity contribution in [3.63, 3.8) is 0 Å². The molecule has 1 N–H and O–H groups in total. The number of piperidine rings is 1. The van der Waals surface area contributed by atoms with Crippen molar-refractivity contribution in [1.29, 1.82) is 5.26 Å². The standard InChI is InChI=1S/C19H16Cl2N4OS/c20-13-1-2-15(21)16(8-13)23-17(26)10-27-19-12(9-22)7-14-11-3-5-25(6-4-11)18(14)24-19/h1-2,7-8,11H,3-6,10H2,(H,23,26). The summed E-state index contributed by atoms with van der Waals surface area (Å²) in [6, 6.07) is 9.07. The third-order valence-electron chi connectivity index (χ3n) is 4.89. The van der Waals surface area contributed by atoms with Crippen molar-refractivity contribution in [2.75, 3.05) is 29.1 Å². The minimum absolute atomic E-state index is 0.132. The molecule has 2 aromatic rings. The zero-order valence-electron chi connectivity index (χ0n) is 14.3. The Balaban J connectivity index is 1.50. The molecule has 8 heteroatoms. The Morgan fingerprint density at radius 3 is 2.85 bits per heavy atom. The van der Waals surface area contributed by atoms with Gasteiger partial charge in [0.15, 0.2) is 0 Å². The lowest BCUT2D eigenvalue weighted by Gasteiger charge is -2.41. The van der Waals surface area contributed by atoms with Crippen LogP contribution in [-0.4, -0.2) is 29.7 Å². The summed E-state index contributed by atoms with van der Waals surface area (Å²) in [6.07, 6.45) is 2.24. The highest BCUT2D eigenvalue weighted by atomic mass is 35.5. The van der Waals surface area contributed by atoms with E-state index in [1.54, 1.807) is 18.2 Å². The van der Waals surface area contributed by atoms with Gasteiger partial charge in [0.2, 0.25) is 5.91 Å². The summed E-state index contributed by atoms with van der Waals surface area (Å²) in [7, 11) is 0. The Morgan fingerprint density at radius 2 is 2.11 bits per heavy atom. The van der Waals surface area contributed by atoms with E-state index < -0.39 is 0 Å². The highest BCUT2D eigenvalue weighted by molar-refractivity contribution is 8.00. The molecule has 1 aromatic carbocycles. The number of hydrogen-bond donors (Lipinski definition) is 1. The maximum Gasteiger partial charge on any atom is 0.234 e. The molecule has 0 atom stereocenters. The van der Waals surface area contributed by atoms with E-state index in [9.17, 15) is 10.1 Å². The highest BCUT2D eigenvalue weighted by Gasteiger charge is 2.33. The molecule has 5 nitrogen and oxygen atoms in total. The van der Waals surface area contributed by atoms with Crippen LogP contribution in [0.4, 0.5) is 11.5 Å². The number of amides is 1. The third-order valence-corrected chi connectivity index (χ3v) is 6.45. The van der Waals surface area contributed by atoms with E-state index in [0.29, 0.717) is 32.2 Å². The van der Waals surface area contributed by atoms with Gasteiger partial charge in [-0.05, 0) is 48.6 Å².